The molecule has 128 valence electrons. The highest BCUT2D eigenvalue weighted by Crippen LogP contribution is 2.20. The molecule has 1 atom stereocenters. The highest BCUT2D eigenvalue weighted by molar-refractivity contribution is 5.58. The minimum absolute atomic E-state index is 0.266. The molecule has 0 bridgehead atoms. The van der Waals surface area contributed by atoms with E-state index in [1.54, 1.807) is 0 Å². The first-order valence-corrected chi connectivity index (χ1v) is 8.19. The topological polar surface area (TPSA) is 102 Å². The fourth-order valence-corrected chi connectivity index (χ4v) is 2.53. The molecule has 1 aliphatic carbocycles. The lowest BCUT2D eigenvalue weighted by Gasteiger charge is -2.16. The van der Waals surface area contributed by atoms with Gasteiger partial charge in [0.15, 0.2) is 0 Å². The Labute approximate surface area is 147 Å². The Morgan fingerprint density at radius 1 is 0.880 bits per heavy atom. The third-order valence-corrected chi connectivity index (χ3v) is 3.98. The highest BCUT2D eigenvalue weighted by Gasteiger charge is 2.13. The molecule has 0 spiro atoms. The molecule has 1 unspecified atom stereocenters. The van der Waals surface area contributed by atoms with E-state index in [4.69, 9.17) is 17.2 Å². The molecule has 0 radical (unpaired) electrons. The van der Waals surface area contributed by atoms with Crippen molar-refractivity contribution < 1.29 is 0 Å². The first-order chi connectivity index (χ1) is 12.2. The summed E-state index contributed by atoms with van der Waals surface area (Å²) in [6.45, 7) is 0.522. The lowest BCUT2D eigenvalue weighted by Crippen LogP contribution is -2.24. The van der Waals surface area contributed by atoms with Gasteiger partial charge in [-0.05, 0) is 42.0 Å². The molecule has 0 heterocycles. The standard InChI is InChI=1S/C20H23N5/c21-13-14-6-8-16(9-7-14)25-20-12-19(17(22)10-11-18(20)23)24-15-4-2-1-3-5-15/h1-12,17,24-25H,13,21-23H2. The van der Waals surface area contributed by atoms with Crippen molar-refractivity contribution >= 4 is 11.4 Å². The third-order valence-electron chi connectivity index (χ3n) is 3.98. The molecule has 3 rings (SSSR count). The average molecular weight is 333 g/mol. The molecular formula is C20H23N5. The molecule has 5 nitrogen and oxygen atoms in total. The van der Waals surface area contributed by atoms with Crippen molar-refractivity contribution in [3.8, 4) is 0 Å². The molecular weight excluding hydrogens is 310 g/mol. The summed E-state index contributed by atoms with van der Waals surface area (Å²) in [6.07, 6.45) is 5.66. The molecule has 1 aliphatic rings. The Balaban J connectivity index is 1.85. The zero-order valence-corrected chi connectivity index (χ0v) is 13.9. The fraction of sp³-hybridized carbons (Fsp3) is 0.100. The number of benzene rings is 2. The van der Waals surface area contributed by atoms with Crippen molar-refractivity contribution in [1.29, 1.82) is 0 Å². The van der Waals surface area contributed by atoms with Gasteiger partial charge < -0.3 is 27.8 Å². The summed E-state index contributed by atoms with van der Waals surface area (Å²) in [4.78, 5) is 0. The Morgan fingerprint density at radius 3 is 2.24 bits per heavy atom. The molecule has 2 aromatic rings. The molecule has 8 N–H and O–H groups in total. The van der Waals surface area contributed by atoms with Gasteiger partial charge in [-0.15, -0.1) is 0 Å². The fourth-order valence-electron chi connectivity index (χ4n) is 2.53. The van der Waals surface area contributed by atoms with Gasteiger partial charge in [-0.2, -0.15) is 0 Å². The van der Waals surface area contributed by atoms with E-state index in [0.29, 0.717) is 12.2 Å². The normalized spacial score (nSPS) is 17.0. The number of allylic oxidation sites excluding steroid dienone is 2. The summed E-state index contributed by atoms with van der Waals surface area (Å²) < 4.78 is 0. The maximum Gasteiger partial charge on any atom is 0.0638 e. The molecule has 0 aliphatic heterocycles. The van der Waals surface area contributed by atoms with E-state index < -0.39 is 0 Å². The molecule has 0 saturated heterocycles. The Morgan fingerprint density at radius 2 is 1.56 bits per heavy atom. The van der Waals surface area contributed by atoms with Crippen molar-refractivity contribution in [3.63, 3.8) is 0 Å². The van der Waals surface area contributed by atoms with E-state index in [0.717, 1.165) is 28.3 Å². The van der Waals surface area contributed by atoms with Crippen molar-refractivity contribution in [2.45, 2.75) is 12.6 Å². The van der Waals surface area contributed by atoms with Gasteiger partial charge in [0.1, 0.15) is 0 Å². The van der Waals surface area contributed by atoms with E-state index in [-0.39, 0.29) is 6.04 Å². The van der Waals surface area contributed by atoms with Crippen LogP contribution in [0.3, 0.4) is 0 Å². The second-order valence-electron chi connectivity index (χ2n) is 5.87. The summed E-state index contributed by atoms with van der Waals surface area (Å²) in [5, 5.41) is 6.71. The van der Waals surface area contributed by atoms with Gasteiger partial charge in [0.05, 0.1) is 17.4 Å². The molecule has 0 saturated carbocycles. The van der Waals surface area contributed by atoms with Crippen LogP contribution in [0.4, 0.5) is 11.4 Å². The minimum atomic E-state index is -0.266. The number of nitrogens with two attached hydrogens (primary N) is 3. The molecule has 0 fully saturated rings. The largest absolute Gasteiger partial charge is 0.397 e. The number of para-hydroxylation sites is 1. The summed E-state index contributed by atoms with van der Waals surface area (Å²) >= 11 is 0. The lowest BCUT2D eigenvalue weighted by molar-refractivity contribution is 0.955. The molecule has 0 amide bonds. The van der Waals surface area contributed by atoms with Gasteiger partial charge in [-0.25, -0.2) is 0 Å². The Bertz CT molecular complexity index is 804. The van der Waals surface area contributed by atoms with Gasteiger partial charge in [-0.3, -0.25) is 0 Å². The van der Waals surface area contributed by atoms with Crippen LogP contribution in [0.5, 0.6) is 0 Å². The van der Waals surface area contributed by atoms with Gasteiger partial charge in [0, 0.05) is 23.6 Å². The van der Waals surface area contributed by atoms with Gasteiger partial charge in [0.2, 0.25) is 0 Å². The van der Waals surface area contributed by atoms with Crippen LogP contribution in [0.1, 0.15) is 5.56 Å². The smallest absolute Gasteiger partial charge is 0.0638 e. The van der Waals surface area contributed by atoms with Crippen LogP contribution >= 0.6 is 0 Å². The first-order valence-electron chi connectivity index (χ1n) is 8.19. The van der Waals surface area contributed by atoms with E-state index in [1.807, 2.05) is 72.8 Å². The zero-order chi connectivity index (χ0) is 17.6. The Hall–Kier alpha value is -3.02. The predicted molar refractivity (Wildman–Crippen MR) is 104 cm³/mol. The molecule has 2 aromatic carbocycles. The lowest BCUT2D eigenvalue weighted by atomic mass is 10.1. The van der Waals surface area contributed by atoms with E-state index in [9.17, 15) is 0 Å². The van der Waals surface area contributed by atoms with E-state index in [1.165, 1.54) is 0 Å². The van der Waals surface area contributed by atoms with Crippen molar-refractivity contribution in [1.82, 2.24) is 0 Å². The number of nitrogens with one attached hydrogen (secondary N) is 2. The molecule has 0 aromatic heterocycles. The van der Waals surface area contributed by atoms with Gasteiger partial charge in [0.25, 0.3) is 0 Å². The number of rotatable bonds is 5. The summed E-state index contributed by atoms with van der Waals surface area (Å²) in [7, 11) is 0. The average Bonchev–Trinajstić information content (AvgIpc) is 2.77. The van der Waals surface area contributed by atoms with Gasteiger partial charge in [-0.1, -0.05) is 36.4 Å². The van der Waals surface area contributed by atoms with E-state index >= 15 is 0 Å². The number of anilines is 2. The third kappa shape index (κ3) is 4.29. The number of hydrogen-bond donors (Lipinski definition) is 5. The SMILES string of the molecule is NCc1ccc(NC2=C(N)C=CC(N)C(Nc3ccccc3)=C2)cc1. The highest BCUT2D eigenvalue weighted by atomic mass is 15.0. The minimum Gasteiger partial charge on any atom is -0.397 e. The maximum absolute atomic E-state index is 6.24. The molecule has 25 heavy (non-hydrogen) atoms. The second-order valence-corrected chi connectivity index (χ2v) is 5.87. The van der Waals surface area contributed by atoms with Crippen LogP contribution in [0.25, 0.3) is 0 Å². The van der Waals surface area contributed by atoms with E-state index in [2.05, 4.69) is 10.6 Å². The van der Waals surface area contributed by atoms with Gasteiger partial charge >= 0.3 is 0 Å². The van der Waals surface area contributed by atoms with Crippen LogP contribution in [-0.2, 0) is 6.54 Å². The number of hydrogen-bond acceptors (Lipinski definition) is 5. The first kappa shape index (κ1) is 16.8. The van der Waals surface area contributed by atoms with Crippen molar-refractivity contribution in [2.75, 3.05) is 10.6 Å². The summed E-state index contributed by atoms with van der Waals surface area (Å²) in [5.41, 5.74) is 23.4. The van der Waals surface area contributed by atoms with Crippen LogP contribution in [0.2, 0.25) is 0 Å². The van der Waals surface area contributed by atoms with Crippen molar-refractivity contribution in [3.05, 3.63) is 95.5 Å². The maximum atomic E-state index is 6.24. The summed E-state index contributed by atoms with van der Waals surface area (Å²) in [6, 6.07) is 17.6. The second kappa shape index (κ2) is 7.70. The zero-order valence-electron chi connectivity index (χ0n) is 13.9. The van der Waals surface area contributed by atoms with Crippen LogP contribution in [-0.4, -0.2) is 6.04 Å². The Kier molecular flexibility index (Phi) is 5.18. The molecule has 5 heteroatoms. The summed E-state index contributed by atoms with van der Waals surface area (Å²) in [5.74, 6) is 0. The quantitative estimate of drug-likeness (QED) is 0.579. The van der Waals surface area contributed by atoms with Crippen LogP contribution in [0, 0.1) is 0 Å². The monoisotopic (exact) mass is 333 g/mol. The predicted octanol–water partition coefficient (Wildman–Crippen LogP) is 2.62. The van der Waals surface area contributed by atoms with Crippen LogP contribution in [0.15, 0.2) is 89.9 Å². The van der Waals surface area contributed by atoms with Crippen LogP contribution < -0.4 is 27.8 Å². The van der Waals surface area contributed by atoms with Crippen molar-refractivity contribution in [2.24, 2.45) is 17.2 Å².